The molecule has 3 heterocycles. The molecule has 1 aromatic carbocycles. The van der Waals surface area contributed by atoms with E-state index in [1.165, 1.54) is 0 Å². The van der Waals surface area contributed by atoms with Crippen molar-refractivity contribution in [1.29, 1.82) is 0 Å². The molecule has 3 aromatic rings. The van der Waals surface area contributed by atoms with Gasteiger partial charge in [-0.15, -0.1) is 0 Å². The van der Waals surface area contributed by atoms with Crippen LogP contribution in [0.15, 0.2) is 48.7 Å². The molecule has 2 amide bonds. The molecule has 1 saturated heterocycles. The van der Waals surface area contributed by atoms with Crippen LogP contribution in [0.5, 0.6) is 5.75 Å². The molecule has 1 aliphatic heterocycles. The van der Waals surface area contributed by atoms with Crippen molar-refractivity contribution in [3.8, 4) is 5.75 Å². The van der Waals surface area contributed by atoms with Crippen molar-refractivity contribution >= 4 is 17.5 Å². The fourth-order valence-electron chi connectivity index (χ4n) is 4.62. The highest BCUT2D eigenvalue weighted by molar-refractivity contribution is 5.93. The monoisotopic (exact) mass is 463 g/mol. The SMILES string of the molecule is CCCC(CNC(=O)c1cccc2nc(CC(=O)N3CCCC(N)C3)cn12)c1ccc(O)cc1. The van der Waals surface area contributed by atoms with Crippen LogP contribution in [0.3, 0.4) is 0 Å². The van der Waals surface area contributed by atoms with E-state index in [1.807, 2.05) is 23.1 Å². The Morgan fingerprint density at radius 3 is 2.76 bits per heavy atom. The minimum Gasteiger partial charge on any atom is -0.508 e. The second-order valence-electron chi connectivity index (χ2n) is 9.08. The minimum atomic E-state index is -0.192. The van der Waals surface area contributed by atoms with Crippen LogP contribution < -0.4 is 11.1 Å². The zero-order chi connectivity index (χ0) is 24.1. The summed E-state index contributed by atoms with van der Waals surface area (Å²) >= 11 is 0. The van der Waals surface area contributed by atoms with Gasteiger partial charge in [-0.1, -0.05) is 31.5 Å². The Labute approximate surface area is 199 Å². The van der Waals surface area contributed by atoms with Gasteiger partial charge in [-0.3, -0.25) is 14.0 Å². The highest BCUT2D eigenvalue weighted by Gasteiger charge is 2.22. The Balaban J connectivity index is 1.45. The maximum absolute atomic E-state index is 13.1. The fourth-order valence-corrected chi connectivity index (χ4v) is 4.62. The number of nitrogens with zero attached hydrogens (tertiary/aromatic N) is 3. The summed E-state index contributed by atoms with van der Waals surface area (Å²) in [6.07, 6.45) is 5.74. The van der Waals surface area contributed by atoms with Crippen LogP contribution in [-0.2, 0) is 11.2 Å². The number of hydrogen-bond acceptors (Lipinski definition) is 5. The molecule has 1 aliphatic rings. The predicted octanol–water partition coefficient (Wildman–Crippen LogP) is 2.85. The van der Waals surface area contributed by atoms with Crippen LogP contribution in [0.4, 0.5) is 0 Å². The van der Waals surface area contributed by atoms with Gasteiger partial charge in [0.1, 0.15) is 17.1 Å². The van der Waals surface area contributed by atoms with Crippen molar-refractivity contribution in [2.45, 2.75) is 51.0 Å². The molecule has 2 unspecified atom stereocenters. The molecule has 4 rings (SSSR count). The molecule has 2 atom stereocenters. The number of pyridine rings is 1. The molecule has 8 nitrogen and oxygen atoms in total. The topological polar surface area (TPSA) is 113 Å². The number of nitrogens with two attached hydrogens (primary N) is 1. The molecular formula is C26H33N5O3. The van der Waals surface area contributed by atoms with Gasteiger partial charge in [-0.05, 0) is 49.1 Å². The quantitative estimate of drug-likeness (QED) is 0.475. The normalized spacial score (nSPS) is 17.0. The molecular weight excluding hydrogens is 430 g/mol. The van der Waals surface area contributed by atoms with Crippen LogP contribution in [-0.4, -0.2) is 56.9 Å². The van der Waals surface area contributed by atoms with Crippen molar-refractivity contribution in [2.75, 3.05) is 19.6 Å². The molecule has 34 heavy (non-hydrogen) atoms. The molecule has 4 N–H and O–H groups in total. The van der Waals surface area contributed by atoms with E-state index in [4.69, 9.17) is 5.73 Å². The summed E-state index contributed by atoms with van der Waals surface area (Å²) in [6.45, 7) is 3.91. The number of phenolic OH excluding ortho intramolecular Hbond substituents is 1. The Bertz CT molecular complexity index is 1140. The van der Waals surface area contributed by atoms with Gasteiger partial charge in [-0.2, -0.15) is 0 Å². The van der Waals surface area contributed by atoms with Crippen LogP contribution >= 0.6 is 0 Å². The fraction of sp³-hybridized carbons (Fsp3) is 0.423. The van der Waals surface area contributed by atoms with E-state index in [2.05, 4.69) is 17.2 Å². The second kappa shape index (κ2) is 10.7. The number of nitrogens with one attached hydrogen (secondary N) is 1. The smallest absolute Gasteiger partial charge is 0.268 e. The third kappa shape index (κ3) is 5.56. The number of aromatic hydroxyl groups is 1. The number of aromatic nitrogens is 2. The minimum absolute atomic E-state index is 0.0147. The Morgan fingerprint density at radius 2 is 2.03 bits per heavy atom. The van der Waals surface area contributed by atoms with E-state index < -0.39 is 0 Å². The molecule has 1 fully saturated rings. The van der Waals surface area contributed by atoms with Crippen molar-refractivity contribution in [2.24, 2.45) is 5.73 Å². The lowest BCUT2D eigenvalue weighted by atomic mass is 9.94. The van der Waals surface area contributed by atoms with Gasteiger partial charge in [0.2, 0.25) is 5.91 Å². The average Bonchev–Trinajstić information content (AvgIpc) is 3.24. The van der Waals surface area contributed by atoms with Gasteiger partial charge in [0.05, 0.1) is 12.1 Å². The van der Waals surface area contributed by atoms with E-state index in [0.717, 1.165) is 37.8 Å². The number of rotatable bonds is 8. The number of fused-ring (bicyclic) bond motifs is 1. The van der Waals surface area contributed by atoms with Crippen LogP contribution in [0.25, 0.3) is 5.65 Å². The van der Waals surface area contributed by atoms with E-state index >= 15 is 0 Å². The molecule has 0 aliphatic carbocycles. The first-order valence-corrected chi connectivity index (χ1v) is 12.0. The molecule has 8 heteroatoms. The van der Waals surface area contributed by atoms with Crippen molar-refractivity contribution in [3.63, 3.8) is 0 Å². The summed E-state index contributed by atoms with van der Waals surface area (Å²) in [4.78, 5) is 32.2. The third-order valence-electron chi connectivity index (χ3n) is 6.43. The van der Waals surface area contributed by atoms with Crippen LogP contribution in [0, 0.1) is 0 Å². The van der Waals surface area contributed by atoms with Gasteiger partial charge in [0.15, 0.2) is 0 Å². The van der Waals surface area contributed by atoms with E-state index in [-0.39, 0.29) is 35.9 Å². The van der Waals surface area contributed by atoms with Crippen molar-refractivity contribution < 1.29 is 14.7 Å². The third-order valence-corrected chi connectivity index (χ3v) is 6.43. The van der Waals surface area contributed by atoms with Gasteiger partial charge in [0.25, 0.3) is 5.91 Å². The number of carbonyl (C=O) groups excluding carboxylic acids is 2. The first-order valence-electron chi connectivity index (χ1n) is 12.0. The van der Waals surface area contributed by atoms with Crippen LogP contribution in [0.1, 0.15) is 60.3 Å². The predicted molar refractivity (Wildman–Crippen MR) is 131 cm³/mol. The number of hydrogen-bond donors (Lipinski definition) is 3. The Kier molecular flexibility index (Phi) is 7.47. The number of piperidine rings is 1. The highest BCUT2D eigenvalue weighted by atomic mass is 16.3. The van der Waals surface area contributed by atoms with Gasteiger partial charge < -0.3 is 21.1 Å². The summed E-state index contributed by atoms with van der Waals surface area (Å²) < 4.78 is 1.75. The average molecular weight is 464 g/mol. The summed E-state index contributed by atoms with van der Waals surface area (Å²) in [6, 6.07) is 12.6. The molecule has 0 radical (unpaired) electrons. The number of phenols is 1. The maximum Gasteiger partial charge on any atom is 0.268 e. The molecule has 2 aromatic heterocycles. The number of benzene rings is 1. The first kappa shape index (κ1) is 23.8. The largest absolute Gasteiger partial charge is 0.508 e. The highest BCUT2D eigenvalue weighted by Crippen LogP contribution is 2.23. The molecule has 0 saturated carbocycles. The first-order chi connectivity index (χ1) is 16.4. The Morgan fingerprint density at radius 1 is 1.24 bits per heavy atom. The van der Waals surface area contributed by atoms with E-state index in [1.54, 1.807) is 34.9 Å². The summed E-state index contributed by atoms with van der Waals surface area (Å²) in [5, 5.41) is 12.6. The lowest BCUT2D eigenvalue weighted by Crippen LogP contribution is -2.46. The van der Waals surface area contributed by atoms with Crippen molar-refractivity contribution in [1.82, 2.24) is 19.6 Å². The summed E-state index contributed by atoms with van der Waals surface area (Å²) in [5.41, 5.74) is 8.84. The summed E-state index contributed by atoms with van der Waals surface area (Å²) in [5.74, 6) is 0.205. The molecule has 0 bridgehead atoms. The Hall–Kier alpha value is -3.39. The number of amides is 2. The lowest BCUT2D eigenvalue weighted by Gasteiger charge is -2.30. The zero-order valence-corrected chi connectivity index (χ0v) is 19.6. The van der Waals surface area contributed by atoms with Crippen LogP contribution in [0.2, 0.25) is 0 Å². The maximum atomic E-state index is 13.1. The van der Waals surface area contributed by atoms with E-state index in [9.17, 15) is 14.7 Å². The molecule has 180 valence electrons. The van der Waals surface area contributed by atoms with E-state index in [0.29, 0.717) is 30.1 Å². The molecule has 0 spiro atoms. The lowest BCUT2D eigenvalue weighted by molar-refractivity contribution is -0.131. The standard InChI is InChI=1S/C26H33N5O3/c1-2-5-19(18-9-11-22(32)12-10-18)15-28-26(34)23-7-3-8-24-29-21(17-31(23)24)14-25(33)30-13-4-6-20(27)16-30/h3,7-12,17,19-20,32H,2,4-6,13-16,27H2,1H3,(H,28,34). The van der Waals surface area contributed by atoms with Gasteiger partial charge in [-0.25, -0.2) is 4.98 Å². The number of likely N-dealkylation sites (tertiary alicyclic amines) is 1. The van der Waals surface area contributed by atoms with Gasteiger partial charge >= 0.3 is 0 Å². The zero-order valence-electron chi connectivity index (χ0n) is 19.6. The van der Waals surface area contributed by atoms with Gasteiger partial charge in [0, 0.05) is 37.8 Å². The van der Waals surface area contributed by atoms with Crippen molar-refractivity contribution in [3.05, 3.63) is 65.6 Å². The number of carbonyl (C=O) groups is 2. The second-order valence-corrected chi connectivity index (χ2v) is 9.08. The number of imidazole rings is 1. The summed E-state index contributed by atoms with van der Waals surface area (Å²) in [7, 11) is 0.